The van der Waals surface area contributed by atoms with Gasteiger partial charge in [0, 0.05) is 12.1 Å². The van der Waals surface area contributed by atoms with Crippen LogP contribution in [0.25, 0.3) is 0 Å². The summed E-state index contributed by atoms with van der Waals surface area (Å²) >= 11 is 0. The Bertz CT molecular complexity index is 483. The molecule has 0 radical (unpaired) electrons. The topological polar surface area (TPSA) is 80.4 Å². The van der Waals surface area contributed by atoms with Gasteiger partial charge in [0.15, 0.2) is 0 Å². The molecule has 5 nitrogen and oxygen atoms in total. The zero-order chi connectivity index (χ0) is 12.6. The molecule has 17 heavy (non-hydrogen) atoms. The summed E-state index contributed by atoms with van der Waals surface area (Å²) in [6.45, 7) is 1.86. The molecule has 1 saturated carbocycles. The quantitative estimate of drug-likeness (QED) is 0.644. The fraction of sp³-hybridized carbons (Fsp3) is 0.417. The summed E-state index contributed by atoms with van der Waals surface area (Å²) in [5.74, 6) is -1.28. The molecule has 90 valence electrons. The molecule has 1 fully saturated rings. The first kappa shape index (κ1) is 11.6. The van der Waals surface area contributed by atoms with Crippen molar-refractivity contribution in [2.75, 3.05) is 0 Å². The average molecular weight is 235 g/mol. The smallest absolute Gasteiger partial charge is 0.307 e. The molecule has 1 aliphatic carbocycles. The summed E-state index contributed by atoms with van der Waals surface area (Å²) in [5, 5.41) is 19.7. The molecule has 0 saturated heterocycles. The van der Waals surface area contributed by atoms with Gasteiger partial charge in [-0.1, -0.05) is 6.07 Å². The minimum absolute atomic E-state index is 0.0293. The van der Waals surface area contributed by atoms with Crippen LogP contribution in [0.1, 0.15) is 29.9 Å². The lowest BCUT2D eigenvalue weighted by atomic mass is 9.69. The third-order valence-electron chi connectivity index (χ3n) is 3.46. The van der Waals surface area contributed by atoms with Crippen LogP contribution in [-0.2, 0) is 4.79 Å². The van der Waals surface area contributed by atoms with Crippen LogP contribution >= 0.6 is 0 Å². The Morgan fingerprint density at radius 1 is 1.47 bits per heavy atom. The lowest BCUT2D eigenvalue weighted by Crippen LogP contribution is -2.31. The molecular formula is C12H13NO4. The van der Waals surface area contributed by atoms with Crippen LogP contribution in [-0.4, -0.2) is 16.0 Å². The SMILES string of the molecule is Cc1ccc([N+](=O)[O-])cc1[C@H]1CC[C@H]1C(=O)O. The number of hydrogen-bond acceptors (Lipinski definition) is 3. The van der Waals surface area contributed by atoms with Crippen LogP contribution in [0.5, 0.6) is 0 Å². The van der Waals surface area contributed by atoms with Gasteiger partial charge in [0.2, 0.25) is 0 Å². The number of aryl methyl sites for hydroxylation is 1. The Kier molecular flexibility index (Phi) is 2.83. The molecule has 0 amide bonds. The van der Waals surface area contributed by atoms with Gasteiger partial charge in [-0.2, -0.15) is 0 Å². The number of non-ortho nitro benzene ring substituents is 1. The number of hydrogen-bond donors (Lipinski definition) is 1. The molecule has 0 heterocycles. The van der Waals surface area contributed by atoms with Crippen molar-refractivity contribution in [2.45, 2.75) is 25.7 Å². The zero-order valence-corrected chi connectivity index (χ0v) is 9.42. The van der Waals surface area contributed by atoms with Gasteiger partial charge in [-0.3, -0.25) is 14.9 Å². The first-order valence-corrected chi connectivity index (χ1v) is 5.48. The number of benzene rings is 1. The molecule has 0 aliphatic heterocycles. The number of carbonyl (C=O) groups is 1. The highest BCUT2D eigenvalue weighted by Gasteiger charge is 2.38. The molecule has 1 aliphatic rings. The van der Waals surface area contributed by atoms with Crippen molar-refractivity contribution < 1.29 is 14.8 Å². The van der Waals surface area contributed by atoms with E-state index >= 15 is 0 Å². The highest BCUT2D eigenvalue weighted by Crippen LogP contribution is 2.44. The average Bonchev–Trinajstić information content (AvgIpc) is 2.18. The van der Waals surface area contributed by atoms with Crippen molar-refractivity contribution in [1.82, 2.24) is 0 Å². The maximum absolute atomic E-state index is 11.0. The van der Waals surface area contributed by atoms with Crippen LogP contribution in [0.15, 0.2) is 18.2 Å². The molecule has 5 heteroatoms. The second kappa shape index (κ2) is 4.16. The zero-order valence-electron chi connectivity index (χ0n) is 9.42. The molecule has 1 N–H and O–H groups in total. The third kappa shape index (κ3) is 2.00. The molecule has 1 aromatic carbocycles. The number of carboxylic acid groups (broad SMARTS) is 1. The summed E-state index contributed by atoms with van der Waals surface area (Å²) in [5.41, 5.74) is 1.76. The van der Waals surface area contributed by atoms with E-state index in [2.05, 4.69) is 0 Å². The number of nitro benzene ring substituents is 1. The predicted molar refractivity (Wildman–Crippen MR) is 60.9 cm³/mol. The van der Waals surface area contributed by atoms with Gasteiger partial charge in [-0.15, -0.1) is 0 Å². The van der Waals surface area contributed by atoms with E-state index in [1.165, 1.54) is 12.1 Å². The molecule has 0 unspecified atom stereocenters. The highest BCUT2D eigenvalue weighted by atomic mass is 16.6. The minimum Gasteiger partial charge on any atom is -0.481 e. The maximum atomic E-state index is 11.0. The lowest BCUT2D eigenvalue weighted by Gasteiger charge is -2.34. The standard InChI is InChI=1S/C12H13NO4/c1-7-2-3-8(13(16)17)6-11(7)9-4-5-10(9)12(14)15/h2-3,6,9-10H,4-5H2,1H3,(H,14,15)/t9-,10+/m0/s1. The van der Waals surface area contributed by atoms with Crippen molar-refractivity contribution in [1.29, 1.82) is 0 Å². The monoisotopic (exact) mass is 235 g/mol. The number of nitrogens with zero attached hydrogens (tertiary/aromatic N) is 1. The van der Waals surface area contributed by atoms with Crippen molar-refractivity contribution in [3.63, 3.8) is 0 Å². The fourth-order valence-corrected chi connectivity index (χ4v) is 2.31. The van der Waals surface area contributed by atoms with Crippen LogP contribution in [0.3, 0.4) is 0 Å². The molecular weight excluding hydrogens is 222 g/mol. The summed E-state index contributed by atoms with van der Waals surface area (Å²) < 4.78 is 0. The van der Waals surface area contributed by atoms with Crippen molar-refractivity contribution in [2.24, 2.45) is 5.92 Å². The number of nitro groups is 1. The molecule has 2 atom stereocenters. The Morgan fingerprint density at radius 3 is 2.65 bits per heavy atom. The van der Waals surface area contributed by atoms with E-state index in [9.17, 15) is 14.9 Å². The largest absolute Gasteiger partial charge is 0.481 e. The second-order valence-corrected chi connectivity index (χ2v) is 4.43. The molecule has 0 aromatic heterocycles. The van der Waals surface area contributed by atoms with Crippen LogP contribution in [0.4, 0.5) is 5.69 Å². The minimum atomic E-state index is -0.813. The Balaban J connectivity index is 2.34. The number of carboxylic acids is 1. The van der Waals surface area contributed by atoms with Gasteiger partial charge in [-0.05, 0) is 36.8 Å². The molecule has 2 rings (SSSR count). The molecule has 0 spiro atoms. The summed E-state index contributed by atoms with van der Waals surface area (Å²) in [4.78, 5) is 21.2. The summed E-state index contributed by atoms with van der Waals surface area (Å²) in [6.07, 6.45) is 1.45. The van der Waals surface area contributed by atoms with E-state index in [1.807, 2.05) is 6.92 Å². The van der Waals surface area contributed by atoms with Crippen molar-refractivity contribution in [3.8, 4) is 0 Å². The van der Waals surface area contributed by atoms with E-state index in [0.717, 1.165) is 17.5 Å². The number of rotatable bonds is 3. The predicted octanol–water partition coefficient (Wildman–Crippen LogP) is 2.48. The number of aliphatic carboxylic acids is 1. The van der Waals surface area contributed by atoms with E-state index in [1.54, 1.807) is 6.07 Å². The first-order chi connectivity index (χ1) is 8.00. The maximum Gasteiger partial charge on any atom is 0.307 e. The Hall–Kier alpha value is -1.91. The van der Waals surface area contributed by atoms with Gasteiger partial charge in [0.1, 0.15) is 0 Å². The second-order valence-electron chi connectivity index (χ2n) is 4.43. The summed E-state index contributed by atoms with van der Waals surface area (Å²) in [6, 6.07) is 4.65. The van der Waals surface area contributed by atoms with Gasteiger partial charge in [0.25, 0.3) is 5.69 Å². The van der Waals surface area contributed by atoms with E-state index < -0.39 is 16.8 Å². The van der Waals surface area contributed by atoms with Gasteiger partial charge < -0.3 is 5.11 Å². The highest BCUT2D eigenvalue weighted by molar-refractivity contribution is 5.73. The van der Waals surface area contributed by atoms with Gasteiger partial charge in [-0.25, -0.2) is 0 Å². The molecule has 0 bridgehead atoms. The van der Waals surface area contributed by atoms with Crippen molar-refractivity contribution >= 4 is 11.7 Å². The van der Waals surface area contributed by atoms with E-state index in [0.29, 0.717) is 6.42 Å². The van der Waals surface area contributed by atoms with E-state index in [-0.39, 0.29) is 11.6 Å². The normalized spacial score (nSPS) is 22.9. The summed E-state index contributed by atoms with van der Waals surface area (Å²) in [7, 11) is 0. The van der Waals surface area contributed by atoms with Gasteiger partial charge >= 0.3 is 5.97 Å². The lowest BCUT2D eigenvalue weighted by molar-refractivity contribution is -0.385. The third-order valence-corrected chi connectivity index (χ3v) is 3.46. The van der Waals surface area contributed by atoms with Crippen LogP contribution in [0, 0.1) is 23.0 Å². The molecule has 1 aromatic rings. The van der Waals surface area contributed by atoms with Crippen LogP contribution in [0.2, 0.25) is 0 Å². The van der Waals surface area contributed by atoms with Crippen molar-refractivity contribution in [3.05, 3.63) is 39.4 Å². The Morgan fingerprint density at radius 2 is 2.18 bits per heavy atom. The Labute approximate surface area is 98.2 Å². The fourth-order valence-electron chi connectivity index (χ4n) is 2.31. The van der Waals surface area contributed by atoms with Gasteiger partial charge in [0.05, 0.1) is 10.8 Å². The van der Waals surface area contributed by atoms with E-state index in [4.69, 9.17) is 5.11 Å². The van der Waals surface area contributed by atoms with Crippen LogP contribution < -0.4 is 0 Å². The first-order valence-electron chi connectivity index (χ1n) is 5.48.